The van der Waals surface area contributed by atoms with E-state index in [0.29, 0.717) is 29.2 Å². The molecule has 2 N–H and O–H groups in total. The smallest absolute Gasteiger partial charge is 0.271 e. The van der Waals surface area contributed by atoms with Crippen molar-refractivity contribution in [2.45, 2.75) is 19.8 Å². The molecule has 134 valence electrons. The zero-order chi connectivity index (χ0) is 18.7. The summed E-state index contributed by atoms with van der Waals surface area (Å²) in [6.45, 7) is 2.46. The second-order valence-corrected chi connectivity index (χ2v) is 6.52. The van der Waals surface area contributed by atoms with Gasteiger partial charge in [-0.1, -0.05) is 29.3 Å². The summed E-state index contributed by atoms with van der Waals surface area (Å²) in [6.07, 6.45) is 1.17. The number of amides is 3. The Labute approximate surface area is 156 Å². The van der Waals surface area contributed by atoms with Gasteiger partial charge in [-0.3, -0.25) is 25.2 Å². The molecule has 1 aliphatic rings. The number of hydrogen-bond donors (Lipinski definition) is 2. The van der Waals surface area contributed by atoms with Crippen molar-refractivity contribution < 1.29 is 14.4 Å². The summed E-state index contributed by atoms with van der Waals surface area (Å²) in [7, 11) is 0. The molecule has 1 heterocycles. The number of nitrogens with zero attached hydrogens (tertiary/aromatic N) is 1. The highest BCUT2D eigenvalue weighted by Crippen LogP contribution is 2.28. The van der Waals surface area contributed by atoms with Crippen molar-refractivity contribution in [2.24, 2.45) is 0 Å². The van der Waals surface area contributed by atoms with Crippen molar-refractivity contribution in [2.75, 3.05) is 11.4 Å². The maximum atomic E-state index is 12.5. The lowest BCUT2D eigenvalue weighted by Crippen LogP contribution is -2.42. The molecule has 3 amide bonds. The minimum absolute atomic E-state index is 0.0509. The number of carbonyl (C=O) groups excluding carboxylic acids is 3. The van der Waals surface area contributed by atoms with E-state index in [0.717, 1.165) is 12.0 Å². The van der Waals surface area contributed by atoms with Crippen LogP contribution in [0, 0.1) is 6.92 Å². The topological polar surface area (TPSA) is 78.5 Å². The first-order valence-corrected chi connectivity index (χ1v) is 8.61. The van der Waals surface area contributed by atoms with E-state index in [-0.39, 0.29) is 11.5 Å². The molecule has 1 aliphatic heterocycles. The quantitative estimate of drug-likeness (QED) is 0.814. The molecular weight excluding hydrogens is 354 g/mol. The Morgan fingerprint density at radius 2 is 1.73 bits per heavy atom. The lowest BCUT2D eigenvalue weighted by molar-refractivity contribution is -0.117. The normalized spacial score (nSPS) is 13.6. The Morgan fingerprint density at radius 3 is 2.38 bits per heavy atom. The zero-order valence-electron chi connectivity index (χ0n) is 14.2. The average molecular weight is 372 g/mol. The fourth-order valence-electron chi connectivity index (χ4n) is 2.78. The third kappa shape index (κ3) is 3.86. The van der Waals surface area contributed by atoms with Crippen LogP contribution in [-0.2, 0) is 4.79 Å². The van der Waals surface area contributed by atoms with Gasteiger partial charge in [0.05, 0.1) is 11.3 Å². The van der Waals surface area contributed by atoms with Crippen LogP contribution in [0.15, 0.2) is 42.5 Å². The van der Waals surface area contributed by atoms with Crippen molar-refractivity contribution in [3.63, 3.8) is 0 Å². The summed E-state index contributed by atoms with van der Waals surface area (Å²) in [4.78, 5) is 38.2. The largest absolute Gasteiger partial charge is 0.312 e. The first kappa shape index (κ1) is 17.9. The summed E-state index contributed by atoms with van der Waals surface area (Å²) in [5, 5.41) is 0.431. The van der Waals surface area contributed by atoms with Gasteiger partial charge >= 0.3 is 0 Å². The predicted molar refractivity (Wildman–Crippen MR) is 99.2 cm³/mol. The summed E-state index contributed by atoms with van der Waals surface area (Å²) in [5.41, 5.74) is 6.96. The third-order valence-electron chi connectivity index (χ3n) is 4.17. The van der Waals surface area contributed by atoms with Crippen LogP contribution < -0.4 is 15.8 Å². The van der Waals surface area contributed by atoms with E-state index in [1.54, 1.807) is 29.2 Å². The summed E-state index contributed by atoms with van der Waals surface area (Å²) in [5.74, 6) is -0.993. The Hall–Kier alpha value is -2.86. The highest BCUT2D eigenvalue weighted by Gasteiger charge is 2.26. The molecule has 0 radical (unpaired) electrons. The fraction of sp³-hybridized carbons (Fsp3) is 0.211. The number of benzene rings is 2. The molecule has 1 fully saturated rings. The van der Waals surface area contributed by atoms with Crippen molar-refractivity contribution >= 4 is 35.0 Å². The summed E-state index contributed by atoms with van der Waals surface area (Å²) < 4.78 is 0. The first-order chi connectivity index (χ1) is 12.5. The second kappa shape index (κ2) is 7.58. The van der Waals surface area contributed by atoms with E-state index >= 15 is 0 Å². The van der Waals surface area contributed by atoms with Gasteiger partial charge in [-0.15, -0.1) is 0 Å². The standard InChI is InChI=1S/C19H18ClN3O3/c1-12-4-6-13(7-5-12)18(25)21-22-19(26)15-9-8-14(20)11-16(15)23-10-2-3-17(23)24/h4-9,11H,2-3,10H2,1H3,(H,21,25)(H,22,26). The van der Waals surface area contributed by atoms with Crippen LogP contribution in [0.3, 0.4) is 0 Å². The Bertz CT molecular complexity index is 865. The van der Waals surface area contributed by atoms with Gasteiger partial charge in [0.15, 0.2) is 0 Å². The maximum absolute atomic E-state index is 12.5. The molecule has 0 saturated carbocycles. The molecule has 0 spiro atoms. The lowest BCUT2D eigenvalue weighted by Gasteiger charge is -2.20. The summed E-state index contributed by atoms with van der Waals surface area (Å²) >= 11 is 6.03. The van der Waals surface area contributed by atoms with E-state index in [4.69, 9.17) is 11.6 Å². The van der Waals surface area contributed by atoms with Crippen molar-refractivity contribution in [3.8, 4) is 0 Å². The maximum Gasteiger partial charge on any atom is 0.271 e. The number of anilines is 1. The Morgan fingerprint density at radius 1 is 1.04 bits per heavy atom. The zero-order valence-corrected chi connectivity index (χ0v) is 15.0. The van der Waals surface area contributed by atoms with Gasteiger partial charge in [-0.25, -0.2) is 0 Å². The predicted octanol–water partition coefficient (Wildman–Crippen LogP) is 2.85. The molecule has 3 rings (SSSR count). The van der Waals surface area contributed by atoms with E-state index in [1.807, 2.05) is 19.1 Å². The number of hydrazine groups is 1. The number of rotatable bonds is 3. The summed E-state index contributed by atoms with van der Waals surface area (Å²) in [6, 6.07) is 11.7. The number of hydrogen-bond acceptors (Lipinski definition) is 3. The second-order valence-electron chi connectivity index (χ2n) is 6.08. The van der Waals surface area contributed by atoms with Crippen molar-refractivity contribution in [3.05, 3.63) is 64.2 Å². The van der Waals surface area contributed by atoms with Gasteiger partial charge in [-0.2, -0.15) is 0 Å². The highest BCUT2D eigenvalue weighted by molar-refractivity contribution is 6.31. The number of halogens is 1. The number of nitrogens with one attached hydrogen (secondary N) is 2. The molecule has 0 atom stereocenters. The van der Waals surface area contributed by atoms with Gasteiger partial charge in [0, 0.05) is 23.6 Å². The van der Waals surface area contributed by atoms with Crippen LogP contribution in [0.1, 0.15) is 39.1 Å². The third-order valence-corrected chi connectivity index (χ3v) is 4.41. The van der Waals surface area contributed by atoms with Crippen LogP contribution in [0.4, 0.5) is 5.69 Å². The molecule has 0 aromatic heterocycles. The van der Waals surface area contributed by atoms with E-state index in [2.05, 4.69) is 10.9 Å². The molecule has 7 heteroatoms. The van der Waals surface area contributed by atoms with Gasteiger partial charge in [0.2, 0.25) is 5.91 Å². The SMILES string of the molecule is Cc1ccc(C(=O)NNC(=O)c2ccc(Cl)cc2N2CCCC2=O)cc1. The highest BCUT2D eigenvalue weighted by atomic mass is 35.5. The molecular formula is C19H18ClN3O3. The van der Waals surface area contributed by atoms with Crippen molar-refractivity contribution in [1.29, 1.82) is 0 Å². The van der Waals surface area contributed by atoms with Crippen LogP contribution in [-0.4, -0.2) is 24.3 Å². The molecule has 6 nitrogen and oxygen atoms in total. The molecule has 2 aromatic rings. The van der Waals surface area contributed by atoms with E-state index < -0.39 is 11.8 Å². The molecule has 0 bridgehead atoms. The minimum atomic E-state index is -0.517. The van der Waals surface area contributed by atoms with Gasteiger partial charge in [0.25, 0.3) is 11.8 Å². The Balaban J connectivity index is 1.74. The van der Waals surface area contributed by atoms with Gasteiger partial charge in [-0.05, 0) is 43.7 Å². The Kier molecular flexibility index (Phi) is 5.23. The van der Waals surface area contributed by atoms with Crippen LogP contribution in [0.5, 0.6) is 0 Å². The molecule has 2 aromatic carbocycles. The molecule has 0 unspecified atom stereocenters. The van der Waals surface area contributed by atoms with Gasteiger partial charge in [0.1, 0.15) is 0 Å². The fourth-order valence-corrected chi connectivity index (χ4v) is 2.95. The first-order valence-electron chi connectivity index (χ1n) is 8.23. The van der Waals surface area contributed by atoms with E-state index in [1.165, 1.54) is 6.07 Å². The van der Waals surface area contributed by atoms with Crippen LogP contribution in [0.25, 0.3) is 0 Å². The van der Waals surface area contributed by atoms with Crippen LogP contribution in [0.2, 0.25) is 5.02 Å². The van der Waals surface area contributed by atoms with E-state index in [9.17, 15) is 14.4 Å². The molecule has 1 saturated heterocycles. The lowest BCUT2D eigenvalue weighted by atomic mass is 10.1. The molecule has 26 heavy (non-hydrogen) atoms. The monoisotopic (exact) mass is 371 g/mol. The van der Waals surface area contributed by atoms with Crippen LogP contribution >= 0.6 is 11.6 Å². The average Bonchev–Trinajstić information content (AvgIpc) is 3.05. The number of carbonyl (C=O) groups is 3. The minimum Gasteiger partial charge on any atom is -0.312 e. The number of aryl methyl sites for hydroxylation is 1. The molecule has 0 aliphatic carbocycles. The van der Waals surface area contributed by atoms with Crippen molar-refractivity contribution in [1.82, 2.24) is 10.9 Å². The van der Waals surface area contributed by atoms with Gasteiger partial charge < -0.3 is 4.90 Å².